The minimum Gasteiger partial charge on any atom is -0.381 e. The molecule has 2 nitrogen and oxygen atoms in total. The van der Waals surface area contributed by atoms with Crippen LogP contribution < -0.4 is 0 Å². The molecule has 0 amide bonds. The Bertz CT molecular complexity index is 773. The fraction of sp³-hybridized carbons (Fsp3) is 0.500. The van der Waals surface area contributed by atoms with Crippen LogP contribution in [-0.4, -0.2) is 31.2 Å². The number of hydrogen-bond donors (Lipinski definition) is 0. The van der Waals surface area contributed by atoms with E-state index in [9.17, 15) is 0 Å². The molecule has 0 radical (unpaired) electrons. The number of hydrogen-bond acceptors (Lipinski definition) is 2. The van der Waals surface area contributed by atoms with E-state index in [1.54, 1.807) is 0 Å². The molecule has 144 valence electrons. The molecule has 1 aliphatic heterocycles. The highest BCUT2D eigenvalue weighted by atomic mass is 79.9. The van der Waals surface area contributed by atoms with Gasteiger partial charge < -0.3 is 4.74 Å². The van der Waals surface area contributed by atoms with Crippen LogP contribution in [0.4, 0.5) is 0 Å². The molecular formula is C24H30BrNO. The third-order valence-electron chi connectivity index (χ3n) is 6.97. The van der Waals surface area contributed by atoms with Crippen molar-refractivity contribution in [1.82, 2.24) is 4.90 Å². The maximum absolute atomic E-state index is 5.98. The zero-order valence-corrected chi connectivity index (χ0v) is 18.2. The average molecular weight is 428 g/mol. The van der Waals surface area contributed by atoms with Gasteiger partial charge in [-0.05, 0) is 62.3 Å². The van der Waals surface area contributed by atoms with E-state index < -0.39 is 0 Å². The van der Waals surface area contributed by atoms with Crippen LogP contribution in [-0.2, 0) is 16.7 Å². The number of fused-ring (bicyclic) bond motifs is 1. The van der Waals surface area contributed by atoms with Gasteiger partial charge in [0.1, 0.15) is 0 Å². The lowest BCUT2D eigenvalue weighted by atomic mass is 9.90. The average Bonchev–Trinajstić information content (AvgIpc) is 3.05. The molecule has 2 aromatic rings. The lowest BCUT2D eigenvalue weighted by Crippen LogP contribution is -2.43. The first-order chi connectivity index (χ1) is 13.0. The van der Waals surface area contributed by atoms with Crippen LogP contribution in [0, 0.1) is 17.3 Å². The van der Waals surface area contributed by atoms with Crippen molar-refractivity contribution >= 4 is 15.9 Å². The van der Waals surface area contributed by atoms with Gasteiger partial charge in [-0.3, -0.25) is 4.90 Å². The minimum atomic E-state index is 0.0463. The Kier molecular flexibility index (Phi) is 5.22. The predicted octanol–water partition coefficient (Wildman–Crippen LogP) is 5.51. The van der Waals surface area contributed by atoms with Crippen molar-refractivity contribution in [3.8, 4) is 0 Å². The third kappa shape index (κ3) is 3.50. The quantitative estimate of drug-likeness (QED) is 0.577. The number of benzene rings is 2. The van der Waals surface area contributed by atoms with Crippen molar-refractivity contribution in [2.24, 2.45) is 17.3 Å². The SMILES string of the molecule is CCOC[C@]12CN(C(C)(C)c3ccc(Br)cc3)CC1C2Cc1ccccc1. The van der Waals surface area contributed by atoms with Gasteiger partial charge in [-0.1, -0.05) is 58.4 Å². The van der Waals surface area contributed by atoms with E-state index in [2.05, 4.69) is 96.2 Å². The van der Waals surface area contributed by atoms with Crippen molar-refractivity contribution in [2.75, 3.05) is 26.3 Å². The van der Waals surface area contributed by atoms with E-state index in [1.165, 1.54) is 24.1 Å². The summed E-state index contributed by atoms with van der Waals surface area (Å²) in [5.41, 5.74) is 3.23. The van der Waals surface area contributed by atoms with Gasteiger partial charge in [0.15, 0.2) is 0 Å². The van der Waals surface area contributed by atoms with Gasteiger partial charge in [-0.15, -0.1) is 0 Å². The van der Waals surface area contributed by atoms with Crippen LogP contribution in [0.3, 0.4) is 0 Å². The molecule has 2 aliphatic rings. The molecule has 1 aliphatic carbocycles. The van der Waals surface area contributed by atoms with Gasteiger partial charge in [0.05, 0.1) is 6.61 Å². The van der Waals surface area contributed by atoms with Crippen molar-refractivity contribution in [1.29, 1.82) is 0 Å². The molecule has 2 fully saturated rings. The molecule has 0 spiro atoms. The minimum absolute atomic E-state index is 0.0463. The molecule has 1 heterocycles. The number of ether oxygens (including phenoxy) is 1. The van der Waals surface area contributed by atoms with Crippen LogP contribution in [0.15, 0.2) is 59.1 Å². The van der Waals surface area contributed by atoms with E-state index >= 15 is 0 Å². The highest BCUT2D eigenvalue weighted by molar-refractivity contribution is 9.10. The van der Waals surface area contributed by atoms with Crippen LogP contribution in [0.2, 0.25) is 0 Å². The van der Waals surface area contributed by atoms with Crippen LogP contribution >= 0.6 is 15.9 Å². The van der Waals surface area contributed by atoms with Gasteiger partial charge in [0.25, 0.3) is 0 Å². The molecule has 3 heteroatoms. The lowest BCUT2D eigenvalue weighted by molar-refractivity contribution is 0.0621. The second-order valence-electron chi connectivity index (χ2n) is 8.72. The van der Waals surface area contributed by atoms with E-state index in [-0.39, 0.29) is 5.54 Å². The Morgan fingerprint density at radius 3 is 2.48 bits per heavy atom. The zero-order chi connectivity index (χ0) is 19.1. The molecule has 1 saturated carbocycles. The summed E-state index contributed by atoms with van der Waals surface area (Å²) in [5.74, 6) is 1.50. The van der Waals surface area contributed by atoms with Gasteiger partial charge in [-0.2, -0.15) is 0 Å². The van der Waals surface area contributed by atoms with Crippen molar-refractivity contribution in [2.45, 2.75) is 32.7 Å². The van der Waals surface area contributed by atoms with E-state index in [0.29, 0.717) is 5.41 Å². The van der Waals surface area contributed by atoms with Crippen molar-refractivity contribution in [3.63, 3.8) is 0 Å². The molecule has 3 atom stereocenters. The molecular weight excluding hydrogens is 398 g/mol. The molecule has 4 rings (SSSR count). The summed E-state index contributed by atoms with van der Waals surface area (Å²) in [6.07, 6.45) is 1.19. The number of piperidine rings is 1. The molecule has 1 saturated heterocycles. The summed E-state index contributed by atoms with van der Waals surface area (Å²) >= 11 is 3.56. The van der Waals surface area contributed by atoms with Crippen molar-refractivity contribution < 1.29 is 4.74 Å². The lowest BCUT2D eigenvalue weighted by Gasteiger charge is -2.39. The maximum Gasteiger partial charge on any atom is 0.0540 e. The Morgan fingerprint density at radius 1 is 1.11 bits per heavy atom. The summed E-state index contributed by atoms with van der Waals surface area (Å²) in [6.45, 7) is 10.9. The Labute approximate surface area is 172 Å². The number of likely N-dealkylation sites (tertiary alicyclic amines) is 1. The number of halogens is 1. The molecule has 2 unspecified atom stereocenters. The molecule has 27 heavy (non-hydrogen) atoms. The summed E-state index contributed by atoms with van der Waals surface area (Å²) in [6, 6.07) is 19.8. The standard InChI is InChI=1S/C24H30BrNO/c1-4-27-17-24-16-26(23(2,3)19-10-12-20(25)13-11-19)15-22(24)21(24)14-18-8-6-5-7-9-18/h5-13,21-22H,4,14-17H2,1-3H3/t21?,22?,24-/m0/s1. The summed E-state index contributed by atoms with van der Waals surface area (Å²) in [7, 11) is 0. The van der Waals surface area contributed by atoms with E-state index in [1.807, 2.05) is 0 Å². The fourth-order valence-corrected chi connectivity index (χ4v) is 5.37. The second kappa shape index (κ2) is 7.35. The second-order valence-corrected chi connectivity index (χ2v) is 9.64. The van der Waals surface area contributed by atoms with E-state index in [0.717, 1.165) is 36.1 Å². The first-order valence-electron chi connectivity index (χ1n) is 10.1. The first kappa shape index (κ1) is 19.2. The summed E-state index contributed by atoms with van der Waals surface area (Å²) in [4.78, 5) is 2.68. The van der Waals surface area contributed by atoms with E-state index in [4.69, 9.17) is 4.74 Å². The number of rotatable bonds is 7. The van der Waals surface area contributed by atoms with Crippen LogP contribution in [0.5, 0.6) is 0 Å². The van der Waals surface area contributed by atoms with Gasteiger partial charge >= 0.3 is 0 Å². The molecule has 0 N–H and O–H groups in total. The third-order valence-corrected chi connectivity index (χ3v) is 7.50. The first-order valence-corrected chi connectivity index (χ1v) is 10.9. The molecule has 2 aromatic carbocycles. The number of nitrogens with zero attached hydrogens (tertiary/aromatic N) is 1. The smallest absolute Gasteiger partial charge is 0.0540 e. The van der Waals surface area contributed by atoms with Crippen molar-refractivity contribution in [3.05, 3.63) is 70.2 Å². The molecule has 0 bridgehead atoms. The van der Waals surface area contributed by atoms with Gasteiger partial charge in [-0.25, -0.2) is 0 Å². The van der Waals surface area contributed by atoms with Crippen LogP contribution in [0.25, 0.3) is 0 Å². The fourth-order valence-electron chi connectivity index (χ4n) is 5.10. The van der Waals surface area contributed by atoms with Gasteiger partial charge in [0, 0.05) is 35.1 Å². The highest BCUT2D eigenvalue weighted by Crippen LogP contribution is 2.65. The topological polar surface area (TPSA) is 12.5 Å². The summed E-state index contributed by atoms with van der Waals surface area (Å²) < 4.78 is 7.12. The monoisotopic (exact) mass is 427 g/mol. The highest BCUT2D eigenvalue weighted by Gasteiger charge is 2.69. The normalized spacial score (nSPS) is 27.6. The van der Waals surface area contributed by atoms with Crippen LogP contribution in [0.1, 0.15) is 31.9 Å². The maximum atomic E-state index is 5.98. The summed E-state index contributed by atoms with van der Waals surface area (Å²) in [5, 5.41) is 0. The predicted molar refractivity (Wildman–Crippen MR) is 115 cm³/mol. The largest absolute Gasteiger partial charge is 0.381 e. The Hall–Kier alpha value is -1.16. The Morgan fingerprint density at radius 2 is 1.81 bits per heavy atom. The van der Waals surface area contributed by atoms with Gasteiger partial charge in [0.2, 0.25) is 0 Å². The Balaban J connectivity index is 1.51. The zero-order valence-electron chi connectivity index (χ0n) is 16.6. The molecule has 0 aromatic heterocycles.